The number of hydrogen-bond donors (Lipinski definition) is 1. The number of nitrogens with two attached hydrogens (primary N) is 1. The first-order chi connectivity index (χ1) is 15.2. The minimum Gasteiger partial charge on any atom is -0.383 e. The summed E-state index contributed by atoms with van der Waals surface area (Å²) in [6.45, 7) is 14.2. The van der Waals surface area contributed by atoms with Crippen LogP contribution in [0.4, 0.5) is 5.69 Å². The Morgan fingerprint density at radius 2 is 1.28 bits per heavy atom. The maximum absolute atomic E-state index is 6.55. The van der Waals surface area contributed by atoms with Crippen LogP contribution in [0.5, 0.6) is 0 Å². The minimum absolute atomic E-state index is 0.317. The van der Waals surface area contributed by atoms with E-state index < -0.39 is 0 Å². The Balaban J connectivity index is 1.65. The Kier molecular flexibility index (Phi) is 5.69. The third kappa shape index (κ3) is 4.08. The summed E-state index contributed by atoms with van der Waals surface area (Å²) < 4.78 is 0. The molecule has 0 saturated carbocycles. The van der Waals surface area contributed by atoms with E-state index in [0.29, 0.717) is 23.2 Å². The topological polar surface area (TPSA) is 38.4 Å². The Morgan fingerprint density at radius 3 is 1.78 bits per heavy atom. The van der Waals surface area contributed by atoms with Crippen LogP contribution < -0.4 is 11.2 Å². The van der Waals surface area contributed by atoms with Gasteiger partial charge < -0.3 is 5.73 Å². The number of aliphatic imine (C=N–C) groups is 1. The van der Waals surface area contributed by atoms with Gasteiger partial charge in [-0.25, -0.2) is 4.99 Å². The highest BCUT2D eigenvalue weighted by molar-refractivity contribution is 6.89. The van der Waals surface area contributed by atoms with Crippen molar-refractivity contribution in [1.29, 1.82) is 0 Å². The largest absolute Gasteiger partial charge is 0.383 e. The molecule has 0 amide bonds. The molecule has 0 aliphatic carbocycles. The predicted molar refractivity (Wildman–Crippen MR) is 141 cm³/mol. The molecule has 1 saturated heterocycles. The SMILES string of the molecule is C=C(/C=C(\C(N)=Nc1ccc(B2C(C)(C)C2(C)C)cc1)c1ccccc1)c1ccccc1. The average Bonchev–Trinajstić information content (AvgIpc) is 3.21. The van der Waals surface area contributed by atoms with Crippen molar-refractivity contribution in [2.45, 2.75) is 38.3 Å². The van der Waals surface area contributed by atoms with Crippen LogP contribution in [0, 0.1) is 0 Å². The molecule has 32 heavy (non-hydrogen) atoms. The molecule has 0 spiro atoms. The number of amidine groups is 1. The van der Waals surface area contributed by atoms with Crippen molar-refractivity contribution in [2.24, 2.45) is 10.7 Å². The van der Waals surface area contributed by atoms with Crippen molar-refractivity contribution in [3.05, 3.63) is 109 Å². The number of nitrogens with zero attached hydrogens (tertiary/aromatic N) is 1. The van der Waals surface area contributed by atoms with Gasteiger partial charge in [0, 0.05) is 5.57 Å². The monoisotopic (exact) mass is 418 g/mol. The molecule has 1 heterocycles. The molecule has 0 unspecified atom stereocenters. The van der Waals surface area contributed by atoms with Crippen molar-refractivity contribution in [2.75, 3.05) is 0 Å². The lowest BCUT2D eigenvalue weighted by Crippen LogP contribution is -2.20. The molecule has 3 heteroatoms. The maximum Gasteiger partial charge on any atom is 0.187 e. The van der Waals surface area contributed by atoms with Gasteiger partial charge in [-0.05, 0) is 34.9 Å². The molecule has 1 fully saturated rings. The molecule has 1 aliphatic heterocycles. The second kappa shape index (κ2) is 8.31. The highest BCUT2D eigenvalue weighted by atomic mass is 14.9. The van der Waals surface area contributed by atoms with E-state index in [1.807, 2.05) is 66.7 Å². The van der Waals surface area contributed by atoms with Crippen LogP contribution in [0.2, 0.25) is 10.6 Å². The smallest absolute Gasteiger partial charge is 0.187 e. The summed E-state index contributed by atoms with van der Waals surface area (Å²) in [7, 11) is 0. The van der Waals surface area contributed by atoms with Gasteiger partial charge in [-0.1, -0.05) is 123 Å². The van der Waals surface area contributed by atoms with Crippen LogP contribution in [0.3, 0.4) is 0 Å². The van der Waals surface area contributed by atoms with Crippen LogP contribution in [0.15, 0.2) is 103 Å². The molecule has 2 nitrogen and oxygen atoms in total. The zero-order chi connectivity index (χ0) is 22.9. The zero-order valence-electron chi connectivity index (χ0n) is 19.5. The van der Waals surface area contributed by atoms with Crippen LogP contribution in [0.25, 0.3) is 11.1 Å². The number of allylic oxidation sites excluding steroid dienone is 2. The van der Waals surface area contributed by atoms with Crippen LogP contribution in [-0.4, -0.2) is 12.5 Å². The maximum atomic E-state index is 6.55. The Labute approximate surface area is 192 Å². The third-order valence-corrected chi connectivity index (χ3v) is 7.32. The highest BCUT2D eigenvalue weighted by Crippen LogP contribution is 2.73. The van der Waals surface area contributed by atoms with Crippen molar-refractivity contribution in [1.82, 2.24) is 0 Å². The summed E-state index contributed by atoms with van der Waals surface area (Å²) in [5.74, 6) is 0.480. The molecule has 3 aromatic rings. The average molecular weight is 418 g/mol. The molecule has 2 N–H and O–H groups in total. The fourth-order valence-corrected chi connectivity index (χ4v) is 4.80. The van der Waals surface area contributed by atoms with Gasteiger partial charge >= 0.3 is 0 Å². The predicted octanol–water partition coefficient (Wildman–Crippen LogP) is 6.75. The zero-order valence-corrected chi connectivity index (χ0v) is 19.5. The lowest BCUT2D eigenvalue weighted by Gasteiger charge is -2.10. The van der Waals surface area contributed by atoms with E-state index in [0.717, 1.165) is 28.0 Å². The quantitative estimate of drug-likeness (QED) is 0.205. The summed E-state index contributed by atoms with van der Waals surface area (Å²) in [5, 5.41) is 0.635. The number of hydrogen-bond acceptors (Lipinski definition) is 1. The summed E-state index contributed by atoms with van der Waals surface area (Å²) in [6, 6.07) is 28.8. The van der Waals surface area contributed by atoms with E-state index in [1.165, 1.54) is 5.46 Å². The van der Waals surface area contributed by atoms with Gasteiger partial charge in [0.25, 0.3) is 0 Å². The summed E-state index contributed by atoms with van der Waals surface area (Å²) in [4.78, 5) is 4.76. The third-order valence-electron chi connectivity index (χ3n) is 7.32. The summed E-state index contributed by atoms with van der Waals surface area (Å²) >= 11 is 0. The van der Waals surface area contributed by atoms with Gasteiger partial charge in [-0.3, -0.25) is 0 Å². The highest BCUT2D eigenvalue weighted by Gasteiger charge is 2.67. The lowest BCUT2D eigenvalue weighted by atomic mass is 9.53. The molecular weight excluding hydrogens is 387 g/mol. The first-order valence-electron chi connectivity index (χ1n) is 11.2. The number of rotatable bonds is 6. The van der Waals surface area contributed by atoms with Crippen molar-refractivity contribution >= 4 is 34.8 Å². The second-order valence-corrected chi connectivity index (χ2v) is 9.78. The van der Waals surface area contributed by atoms with Crippen molar-refractivity contribution in [3.8, 4) is 0 Å². The number of benzene rings is 3. The summed E-state index contributed by atoms with van der Waals surface area (Å²) in [5.41, 5.74) is 12.6. The first kappa shape index (κ1) is 21.9. The van der Waals surface area contributed by atoms with Crippen molar-refractivity contribution < 1.29 is 0 Å². The van der Waals surface area contributed by atoms with Gasteiger partial charge in [0.2, 0.25) is 0 Å². The van der Waals surface area contributed by atoms with Gasteiger partial charge in [0.15, 0.2) is 6.71 Å². The molecular formula is C29H31BN2. The van der Waals surface area contributed by atoms with E-state index in [4.69, 9.17) is 10.7 Å². The van der Waals surface area contributed by atoms with Gasteiger partial charge in [-0.15, -0.1) is 0 Å². The Bertz CT molecular complexity index is 1160. The van der Waals surface area contributed by atoms with E-state index >= 15 is 0 Å². The molecule has 0 aromatic heterocycles. The second-order valence-electron chi connectivity index (χ2n) is 9.78. The fraction of sp³-hybridized carbons (Fsp3) is 0.207. The molecule has 3 aromatic carbocycles. The van der Waals surface area contributed by atoms with E-state index in [9.17, 15) is 0 Å². The lowest BCUT2D eigenvalue weighted by molar-refractivity contribution is 0.628. The van der Waals surface area contributed by atoms with Crippen molar-refractivity contribution in [3.63, 3.8) is 0 Å². The molecule has 4 rings (SSSR count). The minimum atomic E-state index is 0.317. The van der Waals surface area contributed by atoms with E-state index in [1.54, 1.807) is 0 Å². The first-order valence-corrected chi connectivity index (χ1v) is 11.2. The normalized spacial score (nSPS) is 17.2. The van der Waals surface area contributed by atoms with Crippen LogP contribution in [0.1, 0.15) is 38.8 Å². The standard InChI is InChI=1S/C29H31BN2/c1-21(22-12-8-6-9-13-22)20-26(23-14-10-7-11-15-23)27(31)32-25-18-16-24(17-19-25)30-28(2,3)29(30,4)5/h6-20H,1H2,2-5H3,(H2,31,32)/b26-20-. The molecule has 160 valence electrons. The van der Waals surface area contributed by atoms with Gasteiger partial charge in [-0.2, -0.15) is 0 Å². The molecule has 0 radical (unpaired) electrons. The molecule has 0 bridgehead atoms. The van der Waals surface area contributed by atoms with Gasteiger partial charge in [0.05, 0.1) is 5.69 Å². The van der Waals surface area contributed by atoms with Crippen LogP contribution in [-0.2, 0) is 0 Å². The Hall–Kier alpha value is -3.33. The van der Waals surface area contributed by atoms with E-state index in [2.05, 4.69) is 58.5 Å². The van der Waals surface area contributed by atoms with Crippen LogP contribution >= 0.6 is 0 Å². The molecule has 0 atom stereocenters. The molecule has 1 aliphatic rings. The summed E-state index contributed by atoms with van der Waals surface area (Å²) in [6.07, 6.45) is 2.02. The fourth-order valence-electron chi connectivity index (χ4n) is 4.80. The Morgan fingerprint density at radius 1 is 0.781 bits per heavy atom. The van der Waals surface area contributed by atoms with E-state index in [-0.39, 0.29) is 0 Å². The van der Waals surface area contributed by atoms with Gasteiger partial charge in [0.1, 0.15) is 5.84 Å².